The molecule has 1 amide bonds. The highest BCUT2D eigenvalue weighted by molar-refractivity contribution is 8.00. The third kappa shape index (κ3) is 5.20. The number of rotatable bonds is 5. The monoisotopic (exact) mass is 391 g/mol. The molecular weight excluding hydrogens is 379 g/mol. The number of methoxy groups -OCH3 is 2. The Balaban J connectivity index is 2.18. The highest BCUT2D eigenvalue weighted by Crippen LogP contribution is 2.37. The third-order valence-corrected chi connectivity index (χ3v) is 4.11. The minimum Gasteiger partial charge on any atom is -0.495 e. The minimum absolute atomic E-state index is 0.00544. The van der Waals surface area contributed by atoms with Gasteiger partial charge in [-0.3, -0.25) is 4.79 Å². The van der Waals surface area contributed by atoms with E-state index in [1.165, 1.54) is 50.6 Å². The Kier molecular flexibility index (Phi) is 6.07. The van der Waals surface area contributed by atoms with Crippen molar-refractivity contribution in [3.05, 3.63) is 47.0 Å². The average Bonchev–Trinajstić information content (AvgIpc) is 2.54. The number of nitrogens with one attached hydrogen (secondary N) is 1. The quantitative estimate of drug-likeness (QED) is 0.710. The van der Waals surface area contributed by atoms with Gasteiger partial charge < -0.3 is 14.8 Å². The van der Waals surface area contributed by atoms with E-state index < -0.39 is 11.4 Å². The van der Waals surface area contributed by atoms with Crippen LogP contribution in [0.2, 0.25) is 5.02 Å². The Hall–Kier alpha value is -2.06. The van der Waals surface area contributed by atoms with Gasteiger partial charge >= 0.3 is 5.51 Å². The maximum absolute atomic E-state index is 12.3. The molecule has 0 heterocycles. The maximum Gasteiger partial charge on any atom is 0.446 e. The summed E-state index contributed by atoms with van der Waals surface area (Å²) in [5.41, 5.74) is -3.87. The van der Waals surface area contributed by atoms with Crippen molar-refractivity contribution in [3.63, 3.8) is 0 Å². The third-order valence-electron chi connectivity index (χ3n) is 3.07. The molecule has 25 heavy (non-hydrogen) atoms. The molecule has 134 valence electrons. The normalized spacial score (nSPS) is 11.1. The molecule has 0 atom stereocenters. The van der Waals surface area contributed by atoms with Crippen molar-refractivity contribution < 1.29 is 27.4 Å². The molecular formula is C16H13ClF3NO3S. The number of hydrogen-bond donors (Lipinski definition) is 1. The molecule has 0 fully saturated rings. The molecule has 0 aliphatic carbocycles. The highest BCUT2D eigenvalue weighted by Gasteiger charge is 2.29. The summed E-state index contributed by atoms with van der Waals surface area (Å²) in [4.78, 5) is 12.3. The lowest BCUT2D eigenvalue weighted by Crippen LogP contribution is -2.12. The number of carbonyl (C=O) groups excluding carboxylic acids is 1. The van der Waals surface area contributed by atoms with Crippen molar-refractivity contribution in [1.82, 2.24) is 0 Å². The second kappa shape index (κ2) is 7.88. The number of ether oxygens (including phenoxy) is 2. The van der Waals surface area contributed by atoms with Crippen molar-refractivity contribution in [3.8, 4) is 11.5 Å². The molecule has 2 rings (SSSR count). The minimum atomic E-state index is -4.38. The van der Waals surface area contributed by atoms with E-state index in [0.29, 0.717) is 17.2 Å². The molecule has 0 aliphatic rings. The maximum atomic E-state index is 12.3. The number of halogens is 4. The Morgan fingerprint density at radius 1 is 1.08 bits per heavy atom. The van der Waals surface area contributed by atoms with E-state index in [-0.39, 0.29) is 27.2 Å². The van der Waals surface area contributed by atoms with E-state index >= 15 is 0 Å². The number of benzene rings is 2. The number of carbonyl (C=O) groups is 1. The van der Waals surface area contributed by atoms with Crippen LogP contribution in [0.15, 0.2) is 41.3 Å². The van der Waals surface area contributed by atoms with E-state index in [0.717, 1.165) is 0 Å². The zero-order valence-electron chi connectivity index (χ0n) is 13.1. The van der Waals surface area contributed by atoms with Gasteiger partial charge in [-0.2, -0.15) is 13.2 Å². The fourth-order valence-electron chi connectivity index (χ4n) is 1.96. The van der Waals surface area contributed by atoms with Gasteiger partial charge in [0.15, 0.2) is 0 Å². The van der Waals surface area contributed by atoms with Crippen LogP contribution in [0.3, 0.4) is 0 Å². The van der Waals surface area contributed by atoms with E-state index in [1.807, 2.05) is 0 Å². The molecule has 2 aromatic carbocycles. The van der Waals surface area contributed by atoms with Crippen molar-refractivity contribution in [2.45, 2.75) is 10.4 Å². The first-order chi connectivity index (χ1) is 11.7. The lowest BCUT2D eigenvalue weighted by molar-refractivity contribution is -0.0328. The van der Waals surface area contributed by atoms with Crippen LogP contribution in [0, 0.1) is 0 Å². The highest BCUT2D eigenvalue weighted by atomic mass is 35.5. The predicted molar refractivity (Wildman–Crippen MR) is 90.9 cm³/mol. The first kappa shape index (κ1) is 19.3. The van der Waals surface area contributed by atoms with Crippen molar-refractivity contribution in [1.29, 1.82) is 0 Å². The van der Waals surface area contributed by atoms with Crippen molar-refractivity contribution >= 4 is 35.0 Å². The summed E-state index contributed by atoms with van der Waals surface area (Å²) >= 11 is 5.78. The molecule has 4 nitrogen and oxygen atoms in total. The van der Waals surface area contributed by atoms with Crippen LogP contribution in [-0.2, 0) is 0 Å². The smallest absolute Gasteiger partial charge is 0.446 e. The van der Waals surface area contributed by atoms with E-state index in [4.69, 9.17) is 21.1 Å². The summed E-state index contributed by atoms with van der Waals surface area (Å²) in [6.07, 6.45) is 0. The van der Waals surface area contributed by atoms with Gasteiger partial charge in [0, 0.05) is 16.5 Å². The van der Waals surface area contributed by atoms with Crippen LogP contribution in [0.4, 0.5) is 18.9 Å². The van der Waals surface area contributed by atoms with Crippen LogP contribution in [0.25, 0.3) is 0 Å². The summed E-state index contributed by atoms with van der Waals surface area (Å²) in [6.45, 7) is 0. The lowest BCUT2D eigenvalue weighted by Gasteiger charge is -2.13. The van der Waals surface area contributed by atoms with Gasteiger partial charge in [0.25, 0.3) is 5.91 Å². The van der Waals surface area contributed by atoms with Crippen LogP contribution >= 0.6 is 23.4 Å². The Morgan fingerprint density at radius 3 is 2.20 bits per heavy atom. The summed E-state index contributed by atoms with van der Waals surface area (Å²) in [5.74, 6) is 0.201. The van der Waals surface area contributed by atoms with E-state index in [1.54, 1.807) is 0 Å². The van der Waals surface area contributed by atoms with E-state index in [2.05, 4.69) is 5.32 Å². The standard InChI is InChI=1S/C16H13ClF3NO3S/c1-23-13-8-14(24-2)12(7-11(13)17)21-15(22)9-3-5-10(6-4-9)25-16(18,19)20/h3-8H,1-2H3,(H,21,22). The number of amides is 1. The van der Waals surface area contributed by atoms with Gasteiger partial charge in [-0.25, -0.2) is 0 Å². The fourth-order valence-corrected chi connectivity index (χ4v) is 2.74. The Labute approximate surface area is 151 Å². The Morgan fingerprint density at radius 2 is 1.68 bits per heavy atom. The molecule has 0 unspecified atom stereocenters. The zero-order chi connectivity index (χ0) is 18.6. The largest absolute Gasteiger partial charge is 0.495 e. The lowest BCUT2D eigenvalue weighted by atomic mass is 10.2. The SMILES string of the molecule is COc1cc(OC)c(NC(=O)c2ccc(SC(F)(F)F)cc2)cc1Cl. The van der Waals surface area contributed by atoms with Crippen LogP contribution in [0.1, 0.15) is 10.4 Å². The molecule has 0 saturated carbocycles. The van der Waals surface area contributed by atoms with Crippen molar-refractivity contribution in [2.24, 2.45) is 0 Å². The summed E-state index contributed by atoms with van der Waals surface area (Å²) in [7, 11) is 2.86. The molecule has 0 aliphatic heterocycles. The number of thioether (sulfide) groups is 1. The summed E-state index contributed by atoms with van der Waals surface area (Å²) in [6, 6.07) is 8.05. The number of alkyl halides is 3. The second-order valence-corrected chi connectivity index (χ2v) is 6.26. The van der Waals surface area contributed by atoms with E-state index in [9.17, 15) is 18.0 Å². The van der Waals surface area contributed by atoms with Crippen LogP contribution in [-0.4, -0.2) is 25.6 Å². The molecule has 0 aromatic heterocycles. The van der Waals surface area contributed by atoms with Crippen molar-refractivity contribution in [2.75, 3.05) is 19.5 Å². The average molecular weight is 392 g/mol. The topological polar surface area (TPSA) is 47.6 Å². The second-order valence-electron chi connectivity index (χ2n) is 4.71. The molecule has 0 saturated heterocycles. The number of anilines is 1. The first-order valence-electron chi connectivity index (χ1n) is 6.82. The molecule has 0 bridgehead atoms. The summed E-state index contributed by atoms with van der Waals surface area (Å²) in [5, 5.41) is 2.88. The molecule has 2 aromatic rings. The molecule has 1 N–H and O–H groups in total. The Bertz CT molecular complexity index is 766. The van der Waals surface area contributed by atoms with Crippen LogP contribution < -0.4 is 14.8 Å². The first-order valence-corrected chi connectivity index (χ1v) is 8.01. The number of hydrogen-bond acceptors (Lipinski definition) is 4. The van der Waals surface area contributed by atoms with Crippen LogP contribution in [0.5, 0.6) is 11.5 Å². The van der Waals surface area contributed by atoms with Gasteiger partial charge in [-0.15, -0.1) is 0 Å². The van der Waals surface area contributed by atoms with Gasteiger partial charge in [0.2, 0.25) is 0 Å². The van der Waals surface area contributed by atoms with Gasteiger partial charge in [-0.05, 0) is 42.1 Å². The molecule has 9 heteroatoms. The predicted octanol–water partition coefficient (Wildman–Crippen LogP) is 5.22. The molecule has 0 radical (unpaired) electrons. The summed E-state index contributed by atoms with van der Waals surface area (Å²) < 4.78 is 47.2. The zero-order valence-corrected chi connectivity index (χ0v) is 14.7. The van der Waals surface area contributed by atoms with Gasteiger partial charge in [0.05, 0.1) is 24.9 Å². The molecule has 0 spiro atoms. The van der Waals surface area contributed by atoms with Gasteiger partial charge in [-0.1, -0.05) is 11.6 Å². The fraction of sp³-hybridized carbons (Fsp3) is 0.188. The van der Waals surface area contributed by atoms with Gasteiger partial charge in [0.1, 0.15) is 11.5 Å².